The molecule has 0 bridgehead atoms. The fraction of sp³-hybridized carbons (Fsp3) is 0.500. The second-order valence-electron chi connectivity index (χ2n) is 4.71. The van der Waals surface area contributed by atoms with Gasteiger partial charge in [-0.2, -0.15) is 8.42 Å². The molecule has 0 aliphatic heterocycles. The lowest BCUT2D eigenvalue weighted by molar-refractivity contribution is 0.0948. The van der Waals surface area contributed by atoms with Gasteiger partial charge in [0, 0.05) is 6.20 Å². The number of sulfonamides is 1. The third kappa shape index (κ3) is 3.67. The van der Waals surface area contributed by atoms with Gasteiger partial charge in [-0.1, -0.05) is 18.9 Å². The fourth-order valence-corrected chi connectivity index (χ4v) is 3.02. The Balaban J connectivity index is 1.97. The third-order valence-electron chi connectivity index (χ3n) is 3.19. The van der Waals surface area contributed by atoms with Crippen LogP contribution in [0.25, 0.3) is 0 Å². The Hall–Kier alpha value is -1.67. The summed E-state index contributed by atoms with van der Waals surface area (Å²) in [6.07, 6.45) is 3.75. The van der Waals surface area contributed by atoms with Crippen molar-refractivity contribution >= 4 is 16.1 Å². The molecule has 2 atom stereocenters. The lowest BCUT2D eigenvalue weighted by Crippen LogP contribution is -2.50. The molecule has 3 N–H and O–H groups in total. The van der Waals surface area contributed by atoms with Crippen molar-refractivity contribution in [3.63, 3.8) is 0 Å². The summed E-state index contributed by atoms with van der Waals surface area (Å²) >= 11 is 0. The van der Waals surface area contributed by atoms with Gasteiger partial charge in [0.05, 0.1) is 12.1 Å². The number of aliphatic hydroxyl groups is 1. The molecule has 0 saturated heterocycles. The number of carbonyl (C=O) groups excluding carboxylic acids is 1. The van der Waals surface area contributed by atoms with Gasteiger partial charge in [-0.3, -0.25) is 0 Å². The van der Waals surface area contributed by atoms with E-state index in [1.165, 1.54) is 18.3 Å². The maximum Gasteiger partial charge on any atom is 0.329 e. The normalized spacial score (nSPS) is 23.1. The molecule has 1 aliphatic rings. The van der Waals surface area contributed by atoms with Crippen LogP contribution in [0.1, 0.15) is 25.7 Å². The Bertz CT molecular complexity index is 561. The molecule has 1 aliphatic carbocycles. The monoisotopic (exact) mass is 299 g/mol. The third-order valence-corrected chi connectivity index (χ3v) is 4.43. The number of nitrogens with one attached hydrogen (secondary N) is 2. The number of aromatic nitrogens is 1. The van der Waals surface area contributed by atoms with Gasteiger partial charge in [0.15, 0.2) is 5.03 Å². The fourth-order valence-electron chi connectivity index (χ4n) is 2.16. The highest BCUT2D eigenvalue weighted by atomic mass is 32.2. The maximum atomic E-state index is 11.9. The van der Waals surface area contributed by atoms with Crippen molar-refractivity contribution in [3.8, 4) is 0 Å². The first-order valence-electron chi connectivity index (χ1n) is 6.41. The summed E-state index contributed by atoms with van der Waals surface area (Å²) < 4.78 is 25.6. The molecule has 1 fully saturated rings. The molecule has 2 rings (SSSR count). The molecule has 1 heterocycles. The van der Waals surface area contributed by atoms with Gasteiger partial charge in [-0.25, -0.2) is 14.5 Å². The van der Waals surface area contributed by atoms with Crippen molar-refractivity contribution in [1.82, 2.24) is 15.0 Å². The molecule has 1 aromatic rings. The Labute approximate surface area is 117 Å². The van der Waals surface area contributed by atoms with E-state index < -0.39 is 28.2 Å². The van der Waals surface area contributed by atoms with Crippen LogP contribution in [0.5, 0.6) is 0 Å². The van der Waals surface area contributed by atoms with E-state index in [0.29, 0.717) is 12.8 Å². The average molecular weight is 299 g/mol. The van der Waals surface area contributed by atoms with Crippen LogP contribution in [0.4, 0.5) is 4.79 Å². The van der Waals surface area contributed by atoms with Crippen LogP contribution in [-0.4, -0.2) is 36.7 Å². The largest absolute Gasteiger partial charge is 0.391 e. The summed E-state index contributed by atoms with van der Waals surface area (Å²) in [5, 5.41) is 12.0. The van der Waals surface area contributed by atoms with Crippen molar-refractivity contribution < 1.29 is 18.3 Å². The summed E-state index contributed by atoms with van der Waals surface area (Å²) in [6.45, 7) is 0. The van der Waals surface area contributed by atoms with Gasteiger partial charge < -0.3 is 10.4 Å². The van der Waals surface area contributed by atoms with Gasteiger partial charge in [-0.15, -0.1) is 0 Å². The molecule has 7 nitrogen and oxygen atoms in total. The van der Waals surface area contributed by atoms with E-state index in [2.05, 4.69) is 10.3 Å². The molecular weight excluding hydrogens is 282 g/mol. The van der Waals surface area contributed by atoms with Gasteiger partial charge in [0.25, 0.3) is 10.0 Å². The summed E-state index contributed by atoms with van der Waals surface area (Å²) in [5.74, 6) is 0. The van der Waals surface area contributed by atoms with E-state index in [9.17, 15) is 18.3 Å². The number of rotatable bonds is 3. The molecule has 1 aromatic heterocycles. The highest BCUT2D eigenvalue weighted by Gasteiger charge is 2.26. The molecule has 0 radical (unpaired) electrons. The first-order valence-corrected chi connectivity index (χ1v) is 7.90. The predicted molar refractivity (Wildman–Crippen MR) is 71.4 cm³/mol. The highest BCUT2D eigenvalue weighted by Crippen LogP contribution is 2.18. The summed E-state index contributed by atoms with van der Waals surface area (Å²) in [7, 11) is -3.98. The highest BCUT2D eigenvalue weighted by molar-refractivity contribution is 7.90. The smallest absolute Gasteiger partial charge is 0.329 e. The van der Waals surface area contributed by atoms with E-state index in [4.69, 9.17) is 0 Å². The van der Waals surface area contributed by atoms with Crippen LogP contribution >= 0.6 is 0 Å². The van der Waals surface area contributed by atoms with Crippen LogP contribution in [0.15, 0.2) is 29.4 Å². The van der Waals surface area contributed by atoms with Crippen LogP contribution in [0, 0.1) is 0 Å². The molecule has 8 heteroatoms. The van der Waals surface area contributed by atoms with E-state index in [-0.39, 0.29) is 5.03 Å². The minimum atomic E-state index is -3.98. The van der Waals surface area contributed by atoms with E-state index >= 15 is 0 Å². The van der Waals surface area contributed by atoms with Crippen LogP contribution in [0.2, 0.25) is 0 Å². The molecule has 0 spiro atoms. The predicted octanol–water partition coefficient (Wildman–Crippen LogP) is 0.373. The Morgan fingerprint density at radius 1 is 1.30 bits per heavy atom. The second kappa shape index (κ2) is 6.19. The number of hydrogen-bond donors (Lipinski definition) is 3. The maximum absolute atomic E-state index is 11.9. The SMILES string of the molecule is O=C(N[C@@H]1CCCC[C@H]1O)NS(=O)(=O)c1ccccn1. The van der Waals surface area contributed by atoms with Gasteiger partial charge in [0.2, 0.25) is 0 Å². The molecule has 20 heavy (non-hydrogen) atoms. The first kappa shape index (κ1) is 14.7. The van der Waals surface area contributed by atoms with Crippen molar-refractivity contribution in [1.29, 1.82) is 0 Å². The number of amides is 2. The standard InChI is InChI=1S/C12H17N3O4S/c16-10-6-2-1-5-9(10)14-12(17)15-20(18,19)11-7-3-4-8-13-11/h3-4,7-10,16H,1-2,5-6H2,(H2,14,15,17)/t9-,10-/m1/s1. The number of hydrogen-bond acceptors (Lipinski definition) is 5. The minimum Gasteiger partial charge on any atom is -0.391 e. The zero-order valence-electron chi connectivity index (χ0n) is 10.8. The van der Waals surface area contributed by atoms with Crippen LogP contribution in [-0.2, 0) is 10.0 Å². The van der Waals surface area contributed by atoms with E-state index in [1.807, 2.05) is 4.72 Å². The molecule has 0 unspecified atom stereocenters. The van der Waals surface area contributed by atoms with Gasteiger partial charge in [0.1, 0.15) is 0 Å². The zero-order chi connectivity index (χ0) is 14.6. The summed E-state index contributed by atoms with van der Waals surface area (Å²) in [5.41, 5.74) is 0. The Morgan fingerprint density at radius 2 is 2.05 bits per heavy atom. The lowest BCUT2D eigenvalue weighted by Gasteiger charge is -2.28. The minimum absolute atomic E-state index is 0.223. The van der Waals surface area contributed by atoms with Crippen LogP contribution < -0.4 is 10.0 Å². The number of pyridine rings is 1. The first-order chi connectivity index (χ1) is 9.49. The molecular formula is C12H17N3O4S. The zero-order valence-corrected chi connectivity index (χ0v) is 11.6. The number of carbonyl (C=O) groups is 1. The molecule has 2 amide bonds. The summed E-state index contributed by atoms with van der Waals surface area (Å²) in [4.78, 5) is 15.4. The number of aliphatic hydroxyl groups excluding tert-OH is 1. The molecule has 0 aromatic carbocycles. The van der Waals surface area contributed by atoms with Gasteiger partial charge in [-0.05, 0) is 25.0 Å². The number of nitrogens with zero attached hydrogens (tertiary/aromatic N) is 1. The summed E-state index contributed by atoms with van der Waals surface area (Å²) in [6, 6.07) is 3.14. The van der Waals surface area contributed by atoms with Gasteiger partial charge >= 0.3 is 6.03 Å². The van der Waals surface area contributed by atoms with Crippen molar-refractivity contribution in [2.45, 2.75) is 42.9 Å². The van der Waals surface area contributed by atoms with Crippen molar-refractivity contribution in [2.75, 3.05) is 0 Å². The Kier molecular flexibility index (Phi) is 4.56. The quantitative estimate of drug-likeness (QED) is 0.747. The Morgan fingerprint density at radius 3 is 2.70 bits per heavy atom. The lowest BCUT2D eigenvalue weighted by atomic mass is 9.93. The molecule has 1 saturated carbocycles. The number of urea groups is 1. The van der Waals surface area contributed by atoms with Crippen molar-refractivity contribution in [3.05, 3.63) is 24.4 Å². The van der Waals surface area contributed by atoms with E-state index in [0.717, 1.165) is 12.8 Å². The molecule has 110 valence electrons. The van der Waals surface area contributed by atoms with E-state index in [1.54, 1.807) is 6.07 Å². The topological polar surface area (TPSA) is 108 Å². The second-order valence-corrected chi connectivity index (χ2v) is 6.33. The van der Waals surface area contributed by atoms with Crippen LogP contribution in [0.3, 0.4) is 0 Å². The van der Waals surface area contributed by atoms with Crippen molar-refractivity contribution in [2.24, 2.45) is 0 Å². The average Bonchev–Trinajstić information content (AvgIpc) is 2.42.